The molecule has 1 fully saturated rings. The molecule has 144 valence electrons. The van der Waals surface area contributed by atoms with Crippen molar-refractivity contribution in [2.75, 3.05) is 6.54 Å². The Kier molecular flexibility index (Phi) is 9.50. The second kappa shape index (κ2) is 10.8. The summed E-state index contributed by atoms with van der Waals surface area (Å²) in [6, 6.07) is 7.15. The second-order valence-electron chi connectivity index (χ2n) is 6.36. The van der Waals surface area contributed by atoms with Crippen LogP contribution in [0.5, 0.6) is 0 Å². The minimum atomic E-state index is -0.234. The molecule has 26 heavy (non-hydrogen) atoms. The molecule has 1 saturated heterocycles. The number of rotatable bonds is 5. The zero-order valence-corrected chi connectivity index (χ0v) is 17.0. The van der Waals surface area contributed by atoms with Gasteiger partial charge in [0.2, 0.25) is 5.91 Å². The van der Waals surface area contributed by atoms with E-state index < -0.39 is 0 Å². The Balaban J connectivity index is 0.00000169. The van der Waals surface area contributed by atoms with Crippen molar-refractivity contribution >= 4 is 42.1 Å². The molecule has 1 aliphatic rings. The molecule has 2 N–H and O–H groups in total. The predicted molar refractivity (Wildman–Crippen MR) is 108 cm³/mol. The number of thiazole rings is 1. The highest BCUT2D eigenvalue weighted by molar-refractivity contribution is 7.09. The van der Waals surface area contributed by atoms with Crippen molar-refractivity contribution in [3.05, 3.63) is 51.7 Å². The maximum absolute atomic E-state index is 12.9. The highest BCUT2D eigenvalue weighted by atomic mass is 35.5. The fraction of sp³-hybridized carbons (Fsp3) is 0.444. The minimum Gasteiger partial charge on any atom is -0.353 e. The third-order valence-corrected chi connectivity index (χ3v) is 5.10. The van der Waals surface area contributed by atoms with Gasteiger partial charge in [0.15, 0.2) is 0 Å². The molecule has 2 unspecified atom stereocenters. The quantitative estimate of drug-likeness (QED) is 0.779. The number of piperidine rings is 1. The Bertz CT molecular complexity index is 696. The molecule has 0 bridgehead atoms. The number of halogens is 3. The fourth-order valence-corrected chi connectivity index (χ4v) is 3.82. The first-order valence-corrected chi connectivity index (χ1v) is 9.17. The van der Waals surface area contributed by atoms with Gasteiger partial charge in [-0.05, 0) is 44.0 Å². The number of amides is 1. The van der Waals surface area contributed by atoms with Crippen LogP contribution in [0.3, 0.4) is 0 Å². The standard InChI is InChI=1S/C18H22FN3OS.2ClH/c1-12-8-15(6-7-20-12)21-17(23)10-16-11-24-18(22-16)9-13-2-4-14(19)5-3-13;;/h2-5,11-12,15,20H,6-10H2,1H3,(H,21,23);2*1H. The van der Waals surface area contributed by atoms with Crippen LogP contribution >= 0.6 is 36.2 Å². The van der Waals surface area contributed by atoms with Gasteiger partial charge >= 0.3 is 0 Å². The zero-order chi connectivity index (χ0) is 16.9. The molecule has 2 heterocycles. The van der Waals surface area contributed by atoms with Crippen molar-refractivity contribution in [3.63, 3.8) is 0 Å². The monoisotopic (exact) mass is 419 g/mol. The Morgan fingerprint density at radius 2 is 2.08 bits per heavy atom. The van der Waals surface area contributed by atoms with Gasteiger partial charge in [-0.2, -0.15) is 0 Å². The molecule has 0 spiro atoms. The van der Waals surface area contributed by atoms with Crippen LogP contribution in [0.25, 0.3) is 0 Å². The first-order chi connectivity index (χ1) is 11.6. The number of carbonyl (C=O) groups is 1. The van der Waals surface area contributed by atoms with Crippen LogP contribution in [0.2, 0.25) is 0 Å². The first kappa shape index (κ1) is 22.8. The molecule has 4 nitrogen and oxygen atoms in total. The van der Waals surface area contributed by atoms with Gasteiger partial charge in [-0.1, -0.05) is 12.1 Å². The lowest BCUT2D eigenvalue weighted by Crippen LogP contribution is -2.46. The summed E-state index contributed by atoms with van der Waals surface area (Å²) in [5.41, 5.74) is 1.82. The minimum absolute atomic E-state index is 0. The van der Waals surface area contributed by atoms with Crippen LogP contribution in [0.1, 0.15) is 36.0 Å². The predicted octanol–water partition coefficient (Wildman–Crippen LogP) is 3.52. The lowest BCUT2D eigenvalue weighted by atomic mass is 10.0. The van der Waals surface area contributed by atoms with Crippen molar-refractivity contribution in [2.45, 2.75) is 44.7 Å². The van der Waals surface area contributed by atoms with E-state index in [0.29, 0.717) is 18.9 Å². The third kappa shape index (κ3) is 6.83. The van der Waals surface area contributed by atoms with E-state index in [1.165, 1.54) is 12.1 Å². The molecule has 1 aromatic heterocycles. The summed E-state index contributed by atoms with van der Waals surface area (Å²) in [5, 5.41) is 9.36. The van der Waals surface area contributed by atoms with E-state index >= 15 is 0 Å². The Morgan fingerprint density at radius 1 is 1.35 bits per heavy atom. The smallest absolute Gasteiger partial charge is 0.226 e. The van der Waals surface area contributed by atoms with E-state index in [2.05, 4.69) is 22.5 Å². The van der Waals surface area contributed by atoms with Gasteiger partial charge in [-0.25, -0.2) is 9.37 Å². The van der Waals surface area contributed by atoms with Crippen molar-refractivity contribution in [1.29, 1.82) is 0 Å². The van der Waals surface area contributed by atoms with Crippen LogP contribution in [0, 0.1) is 5.82 Å². The highest BCUT2D eigenvalue weighted by Gasteiger charge is 2.20. The van der Waals surface area contributed by atoms with Crippen LogP contribution in [-0.4, -0.2) is 29.5 Å². The number of nitrogens with one attached hydrogen (secondary N) is 2. The molecule has 8 heteroatoms. The van der Waals surface area contributed by atoms with Crippen LogP contribution in [0.4, 0.5) is 4.39 Å². The molecule has 0 radical (unpaired) electrons. The third-order valence-electron chi connectivity index (χ3n) is 4.20. The van der Waals surface area contributed by atoms with Gasteiger partial charge in [0.05, 0.1) is 17.1 Å². The van der Waals surface area contributed by atoms with Crippen LogP contribution in [0.15, 0.2) is 29.6 Å². The maximum atomic E-state index is 12.9. The van der Waals surface area contributed by atoms with Gasteiger partial charge in [0.25, 0.3) is 0 Å². The summed E-state index contributed by atoms with van der Waals surface area (Å²) in [6.45, 7) is 3.09. The first-order valence-electron chi connectivity index (χ1n) is 8.29. The lowest BCUT2D eigenvalue weighted by molar-refractivity contribution is -0.121. The Labute approximate surface area is 169 Å². The number of carbonyl (C=O) groups excluding carboxylic acids is 1. The summed E-state index contributed by atoms with van der Waals surface area (Å²) in [6.07, 6.45) is 2.93. The van der Waals surface area contributed by atoms with Crippen molar-refractivity contribution in [3.8, 4) is 0 Å². The van der Waals surface area contributed by atoms with E-state index in [1.54, 1.807) is 23.5 Å². The summed E-state index contributed by atoms with van der Waals surface area (Å²) < 4.78 is 12.9. The topological polar surface area (TPSA) is 54.0 Å². The average Bonchev–Trinajstić information content (AvgIpc) is 2.96. The van der Waals surface area contributed by atoms with Gasteiger partial charge < -0.3 is 10.6 Å². The number of hydrogen-bond acceptors (Lipinski definition) is 4. The Morgan fingerprint density at radius 3 is 2.77 bits per heavy atom. The van der Waals surface area contributed by atoms with E-state index in [9.17, 15) is 9.18 Å². The number of hydrogen-bond donors (Lipinski definition) is 2. The summed E-state index contributed by atoms with van der Waals surface area (Å²) in [7, 11) is 0. The molecule has 0 saturated carbocycles. The van der Waals surface area contributed by atoms with Crippen LogP contribution in [-0.2, 0) is 17.6 Å². The number of benzene rings is 1. The molecular weight excluding hydrogens is 396 g/mol. The highest BCUT2D eigenvalue weighted by Crippen LogP contribution is 2.16. The van der Waals surface area contributed by atoms with E-state index in [1.807, 2.05) is 5.38 Å². The van der Waals surface area contributed by atoms with Gasteiger partial charge in [0.1, 0.15) is 5.82 Å². The fourth-order valence-electron chi connectivity index (χ4n) is 2.99. The van der Waals surface area contributed by atoms with Crippen molar-refractivity contribution in [1.82, 2.24) is 15.6 Å². The molecule has 2 aromatic rings. The second-order valence-corrected chi connectivity index (χ2v) is 7.30. The molecule has 1 aromatic carbocycles. The molecule has 2 atom stereocenters. The molecule has 1 aliphatic heterocycles. The van der Waals surface area contributed by atoms with Crippen molar-refractivity contribution in [2.24, 2.45) is 0 Å². The number of nitrogens with zero attached hydrogens (tertiary/aromatic N) is 1. The summed E-state index contributed by atoms with van der Waals surface area (Å²) in [5.74, 6) is -0.199. The van der Waals surface area contributed by atoms with E-state index in [4.69, 9.17) is 0 Å². The zero-order valence-electron chi connectivity index (χ0n) is 14.5. The SMILES string of the molecule is CC1CC(NC(=O)Cc2csc(Cc3ccc(F)cc3)n2)CCN1.Cl.Cl. The molecule has 0 aliphatic carbocycles. The summed E-state index contributed by atoms with van der Waals surface area (Å²) >= 11 is 1.54. The van der Waals surface area contributed by atoms with Gasteiger partial charge in [-0.3, -0.25) is 4.79 Å². The lowest BCUT2D eigenvalue weighted by Gasteiger charge is -2.28. The van der Waals surface area contributed by atoms with Gasteiger partial charge in [0, 0.05) is 23.9 Å². The Hall–Kier alpha value is -1.21. The normalized spacial score (nSPS) is 19.2. The number of aromatic nitrogens is 1. The summed E-state index contributed by atoms with van der Waals surface area (Å²) in [4.78, 5) is 16.7. The van der Waals surface area contributed by atoms with Crippen molar-refractivity contribution < 1.29 is 9.18 Å². The average molecular weight is 420 g/mol. The van der Waals surface area contributed by atoms with Crippen LogP contribution < -0.4 is 10.6 Å². The largest absolute Gasteiger partial charge is 0.353 e. The maximum Gasteiger partial charge on any atom is 0.226 e. The molecule has 1 amide bonds. The molecular formula is C18H24Cl2FN3OS. The van der Waals surface area contributed by atoms with E-state index in [0.717, 1.165) is 35.7 Å². The van der Waals surface area contributed by atoms with Gasteiger partial charge in [-0.15, -0.1) is 36.2 Å². The van der Waals surface area contributed by atoms with E-state index in [-0.39, 0.29) is 42.6 Å². The molecule has 3 rings (SSSR count).